The fourth-order valence-electron chi connectivity index (χ4n) is 7.47. The van der Waals surface area contributed by atoms with Gasteiger partial charge in [-0.25, -0.2) is 4.89 Å². The van der Waals surface area contributed by atoms with Gasteiger partial charge in [-0.2, -0.15) is 5.48 Å². The van der Waals surface area contributed by atoms with Crippen molar-refractivity contribution < 1.29 is 49.0 Å². The van der Waals surface area contributed by atoms with Crippen LogP contribution < -0.4 is 10.8 Å². The Morgan fingerprint density at radius 3 is 1.87 bits per heavy atom. The van der Waals surface area contributed by atoms with Gasteiger partial charge in [0, 0.05) is 47.6 Å². The Bertz CT molecular complexity index is 988. The Balaban J connectivity index is 1.07. The lowest BCUT2D eigenvalue weighted by Gasteiger charge is -2.34. The molecule has 0 aromatic rings. The normalized spacial score (nSPS) is 35.8. The van der Waals surface area contributed by atoms with Crippen LogP contribution in [0.4, 0.5) is 0 Å². The number of nitrogens with zero attached hydrogens (tertiary/aromatic N) is 2. The summed E-state index contributed by atoms with van der Waals surface area (Å²) in [5.41, 5.74) is 3.11. The second kappa shape index (κ2) is 17.4. The smallest absolute Gasteiger partial charge is 0.307 e. The summed E-state index contributed by atoms with van der Waals surface area (Å²) >= 11 is 0. The topological polar surface area (TPSA) is 222 Å². The molecule has 0 aromatic heterocycles. The SMILES string of the molecule is O=C(O)C1CCC([N+](=O)[O-])CC1C(=O)NC1CCC(OCOC2CCC(NOCC3CC([N+](=O)[O-])CCC3COO)CC2)CC1. The number of ether oxygens (including phenoxy) is 2. The standard InChI is InChI=1S/C29H48N4O12/c34-28(27-14-23(33(39)40)7-12-26(27)29(35)36)30-20-2-8-24(9-3-20)42-17-43-25-10-4-21(5-11-25)31-44-15-19-13-22(32(37)38)6-1-18(19)16-45-41/h18-27,31,41H,1-17H2,(H,30,34)(H,35,36). The van der Waals surface area contributed by atoms with Crippen LogP contribution in [-0.4, -0.2) is 88.5 Å². The zero-order valence-corrected chi connectivity index (χ0v) is 25.7. The minimum absolute atomic E-state index is 0.000348. The van der Waals surface area contributed by atoms with Crippen molar-refractivity contribution >= 4 is 11.9 Å². The molecule has 4 fully saturated rings. The predicted molar refractivity (Wildman–Crippen MR) is 156 cm³/mol. The average molecular weight is 645 g/mol. The van der Waals surface area contributed by atoms with E-state index in [2.05, 4.69) is 15.7 Å². The number of amides is 1. The molecule has 16 heteroatoms. The molecule has 1 amide bonds. The number of hydroxylamine groups is 1. The largest absolute Gasteiger partial charge is 0.481 e. The number of nitrogens with one attached hydrogen (secondary N) is 2. The molecular formula is C29H48N4O12. The van der Waals surface area contributed by atoms with E-state index in [0.29, 0.717) is 38.7 Å². The fourth-order valence-corrected chi connectivity index (χ4v) is 7.47. The molecule has 0 radical (unpaired) electrons. The highest BCUT2D eigenvalue weighted by Gasteiger charge is 2.44. The molecule has 16 nitrogen and oxygen atoms in total. The monoisotopic (exact) mass is 644 g/mol. The number of carbonyl (C=O) groups is 2. The molecule has 6 unspecified atom stereocenters. The second-order valence-electron chi connectivity index (χ2n) is 13.2. The van der Waals surface area contributed by atoms with Gasteiger partial charge >= 0.3 is 5.97 Å². The van der Waals surface area contributed by atoms with Crippen LogP contribution in [0.25, 0.3) is 0 Å². The first-order chi connectivity index (χ1) is 21.6. The summed E-state index contributed by atoms with van der Waals surface area (Å²) in [6, 6.07) is -1.44. The van der Waals surface area contributed by atoms with Crippen LogP contribution >= 0.6 is 0 Å². The lowest BCUT2D eigenvalue weighted by molar-refractivity contribution is -0.529. The first kappa shape index (κ1) is 35.4. The van der Waals surface area contributed by atoms with Crippen LogP contribution in [-0.2, 0) is 28.8 Å². The number of aliphatic carboxylic acids is 1. The molecule has 0 heterocycles. The van der Waals surface area contributed by atoms with E-state index in [1.165, 1.54) is 0 Å². The van der Waals surface area contributed by atoms with Gasteiger partial charge in [0.05, 0.1) is 37.3 Å². The molecule has 0 saturated heterocycles. The Hall–Kier alpha value is -2.50. The molecule has 4 rings (SSSR count). The quantitative estimate of drug-likeness (QED) is 0.0872. The highest BCUT2D eigenvalue weighted by molar-refractivity contribution is 5.85. The van der Waals surface area contributed by atoms with E-state index in [1.807, 2.05) is 0 Å². The molecule has 0 aliphatic heterocycles. The first-order valence-corrected chi connectivity index (χ1v) is 16.3. The maximum absolute atomic E-state index is 12.9. The minimum atomic E-state index is -1.08. The van der Waals surface area contributed by atoms with Crippen molar-refractivity contribution in [1.29, 1.82) is 0 Å². The van der Waals surface area contributed by atoms with E-state index >= 15 is 0 Å². The number of hydrogen-bond donors (Lipinski definition) is 4. The molecule has 256 valence electrons. The van der Waals surface area contributed by atoms with E-state index in [9.17, 15) is 34.9 Å². The molecule has 6 atom stereocenters. The van der Waals surface area contributed by atoms with Crippen molar-refractivity contribution in [3.63, 3.8) is 0 Å². The van der Waals surface area contributed by atoms with Crippen molar-refractivity contribution in [1.82, 2.24) is 10.8 Å². The van der Waals surface area contributed by atoms with Gasteiger partial charge < -0.3 is 24.7 Å². The van der Waals surface area contributed by atoms with E-state index in [1.54, 1.807) is 0 Å². The Labute approximate surface area is 262 Å². The molecule has 45 heavy (non-hydrogen) atoms. The molecule has 4 aliphatic rings. The van der Waals surface area contributed by atoms with E-state index in [4.69, 9.17) is 19.6 Å². The third kappa shape index (κ3) is 10.5. The van der Waals surface area contributed by atoms with Gasteiger partial charge in [-0.1, -0.05) is 0 Å². The van der Waals surface area contributed by atoms with Crippen molar-refractivity contribution in [3.8, 4) is 0 Å². The van der Waals surface area contributed by atoms with E-state index in [-0.39, 0.29) is 73.7 Å². The van der Waals surface area contributed by atoms with Crippen molar-refractivity contribution in [2.24, 2.45) is 23.7 Å². The van der Waals surface area contributed by atoms with Crippen LogP contribution in [0.2, 0.25) is 0 Å². The number of carboxylic acid groups (broad SMARTS) is 1. The summed E-state index contributed by atoms with van der Waals surface area (Å²) in [5, 5.41) is 43.8. The van der Waals surface area contributed by atoms with Crippen LogP contribution in [0, 0.1) is 43.9 Å². The van der Waals surface area contributed by atoms with Crippen LogP contribution in [0.5, 0.6) is 0 Å². The summed E-state index contributed by atoms with van der Waals surface area (Å²) in [5.74, 6) is -3.34. The van der Waals surface area contributed by atoms with Crippen molar-refractivity contribution in [2.45, 2.75) is 126 Å². The van der Waals surface area contributed by atoms with Crippen LogP contribution in [0.1, 0.15) is 89.9 Å². The van der Waals surface area contributed by atoms with Gasteiger partial charge in [-0.05, 0) is 76.0 Å². The Kier molecular flexibility index (Phi) is 13.7. The zero-order valence-electron chi connectivity index (χ0n) is 25.7. The van der Waals surface area contributed by atoms with Gasteiger partial charge in [-0.3, -0.25) is 35.1 Å². The highest BCUT2D eigenvalue weighted by Crippen LogP contribution is 2.34. The van der Waals surface area contributed by atoms with Gasteiger partial charge in [0.1, 0.15) is 6.79 Å². The average Bonchev–Trinajstić information content (AvgIpc) is 3.03. The molecule has 0 bridgehead atoms. The minimum Gasteiger partial charge on any atom is -0.481 e. The van der Waals surface area contributed by atoms with Crippen molar-refractivity contribution in [3.05, 3.63) is 20.2 Å². The van der Waals surface area contributed by atoms with E-state index in [0.717, 1.165) is 38.5 Å². The highest BCUT2D eigenvalue weighted by atomic mass is 17.1. The molecule has 4 N–H and O–H groups in total. The summed E-state index contributed by atoms with van der Waals surface area (Å²) in [6.45, 7) is 0.643. The number of hydrogen-bond acceptors (Lipinski definition) is 12. The number of carbonyl (C=O) groups excluding carboxylic acids is 1. The lowest BCUT2D eigenvalue weighted by Crippen LogP contribution is -2.48. The predicted octanol–water partition coefficient (Wildman–Crippen LogP) is 2.93. The molecule has 0 spiro atoms. The van der Waals surface area contributed by atoms with Crippen LogP contribution in [0.15, 0.2) is 0 Å². The summed E-state index contributed by atoms with van der Waals surface area (Å²) in [7, 11) is 0. The third-order valence-electron chi connectivity index (χ3n) is 10.3. The molecular weight excluding hydrogens is 596 g/mol. The number of carboxylic acids is 1. The number of nitro groups is 2. The first-order valence-electron chi connectivity index (χ1n) is 16.3. The van der Waals surface area contributed by atoms with Crippen molar-refractivity contribution in [2.75, 3.05) is 20.0 Å². The summed E-state index contributed by atoms with van der Waals surface area (Å²) in [4.78, 5) is 56.5. The Morgan fingerprint density at radius 1 is 0.711 bits per heavy atom. The van der Waals surface area contributed by atoms with Gasteiger partial charge in [0.15, 0.2) is 0 Å². The number of rotatable bonds is 15. The van der Waals surface area contributed by atoms with Gasteiger partial charge in [0.2, 0.25) is 18.0 Å². The summed E-state index contributed by atoms with van der Waals surface area (Å²) in [6.07, 6.45) is 8.01. The third-order valence-corrected chi connectivity index (χ3v) is 10.3. The zero-order chi connectivity index (χ0) is 32.3. The van der Waals surface area contributed by atoms with Gasteiger partial charge in [0.25, 0.3) is 0 Å². The molecule has 4 aliphatic carbocycles. The van der Waals surface area contributed by atoms with E-state index < -0.39 is 40.7 Å². The maximum atomic E-state index is 12.9. The Morgan fingerprint density at radius 2 is 1.29 bits per heavy atom. The molecule has 4 saturated carbocycles. The maximum Gasteiger partial charge on any atom is 0.307 e. The fraction of sp³-hybridized carbons (Fsp3) is 0.931. The summed E-state index contributed by atoms with van der Waals surface area (Å²) < 4.78 is 11.9. The van der Waals surface area contributed by atoms with Crippen LogP contribution in [0.3, 0.4) is 0 Å². The second-order valence-corrected chi connectivity index (χ2v) is 13.2. The lowest BCUT2D eigenvalue weighted by atomic mass is 9.76. The molecule has 0 aromatic carbocycles. The van der Waals surface area contributed by atoms with Gasteiger partial charge in [-0.15, -0.1) is 0 Å².